The Bertz CT molecular complexity index is 482. The molecule has 0 saturated heterocycles. The van der Waals surface area contributed by atoms with Crippen LogP contribution in [0.1, 0.15) is 31.9 Å². The quantitative estimate of drug-likeness (QED) is 0.671. The number of rotatable bonds is 9. The van der Waals surface area contributed by atoms with E-state index < -0.39 is 10.0 Å². The molecule has 1 rings (SSSR count). The van der Waals surface area contributed by atoms with Gasteiger partial charge in [0.25, 0.3) is 0 Å². The number of unbranched alkanes of at least 4 members (excludes halogenated alkanes) is 1. The third-order valence-corrected chi connectivity index (χ3v) is 4.08. The molecule has 0 bridgehead atoms. The molecule has 1 aromatic heterocycles. The minimum absolute atomic E-state index is 0.148. The van der Waals surface area contributed by atoms with Crippen LogP contribution in [0.5, 0.6) is 0 Å². The van der Waals surface area contributed by atoms with E-state index in [2.05, 4.69) is 22.1 Å². The molecule has 1 heterocycles. The molecule has 0 unspecified atom stereocenters. The monoisotopic (exact) mass is 288 g/mol. The van der Waals surface area contributed by atoms with Crippen molar-refractivity contribution in [1.29, 1.82) is 0 Å². The molecule has 0 saturated carbocycles. The van der Waals surface area contributed by atoms with E-state index in [9.17, 15) is 8.42 Å². The zero-order chi connectivity index (χ0) is 14.3. The van der Waals surface area contributed by atoms with Crippen molar-refractivity contribution in [2.45, 2.75) is 33.1 Å². The number of nitrogens with zero attached hydrogens (tertiary/aromatic N) is 2. The Balaban J connectivity index is 2.34. The first kappa shape index (κ1) is 16.0. The number of hydrogen-bond acceptors (Lipinski definition) is 4. The molecular formula is C12H24N4O2S. The molecule has 2 N–H and O–H groups in total. The van der Waals surface area contributed by atoms with E-state index in [1.807, 2.05) is 0 Å². The van der Waals surface area contributed by atoms with Crippen LogP contribution in [0, 0.1) is 6.92 Å². The van der Waals surface area contributed by atoms with Crippen molar-refractivity contribution < 1.29 is 8.42 Å². The highest BCUT2D eigenvalue weighted by atomic mass is 32.2. The Morgan fingerprint density at radius 2 is 2.05 bits per heavy atom. The van der Waals surface area contributed by atoms with E-state index in [1.54, 1.807) is 24.9 Å². The molecule has 19 heavy (non-hydrogen) atoms. The van der Waals surface area contributed by atoms with Crippen molar-refractivity contribution in [3.8, 4) is 0 Å². The van der Waals surface area contributed by atoms with E-state index in [4.69, 9.17) is 0 Å². The third kappa shape index (κ3) is 6.07. The number of sulfonamides is 1. The second-order valence-electron chi connectivity index (χ2n) is 4.68. The smallest absolute Gasteiger partial charge is 0.232 e. The van der Waals surface area contributed by atoms with Crippen molar-refractivity contribution in [3.63, 3.8) is 0 Å². The fourth-order valence-corrected chi connectivity index (χ4v) is 2.98. The SMILES string of the molecule is CCCNCCCCS(=O)(=O)Nc1cn(C)nc1C. The van der Waals surface area contributed by atoms with E-state index in [0.717, 1.165) is 25.9 Å². The summed E-state index contributed by atoms with van der Waals surface area (Å²) in [4.78, 5) is 0. The van der Waals surface area contributed by atoms with Gasteiger partial charge < -0.3 is 5.32 Å². The topological polar surface area (TPSA) is 76.0 Å². The maximum atomic E-state index is 11.9. The van der Waals surface area contributed by atoms with Gasteiger partial charge in [-0.15, -0.1) is 0 Å². The van der Waals surface area contributed by atoms with Crippen LogP contribution in [-0.2, 0) is 17.1 Å². The van der Waals surface area contributed by atoms with Crippen LogP contribution >= 0.6 is 0 Å². The molecular weight excluding hydrogens is 264 g/mol. The van der Waals surface area contributed by atoms with Gasteiger partial charge in [-0.25, -0.2) is 8.42 Å². The van der Waals surface area contributed by atoms with Crippen molar-refractivity contribution in [2.24, 2.45) is 7.05 Å². The van der Waals surface area contributed by atoms with Crippen molar-refractivity contribution in [3.05, 3.63) is 11.9 Å². The zero-order valence-electron chi connectivity index (χ0n) is 11.9. The molecule has 0 fully saturated rings. The minimum Gasteiger partial charge on any atom is -0.317 e. The molecule has 0 atom stereocenters. The lowest BCUT2D eigenvalue weighted by Crippen LogP contribution is -2.20. The molecule has 0 aliphatic heterocycles. The minimum atomic E-state index is -3.27. The molecule has 110 valence electrons. The van der Waals surface area contributed by atoms with Crippen LogP contribution in [0.4, 0.5) is 5.69 Å². The highest BCUT2D eigenvalue weighted by Crippen LogP contribution is 2.13. The predicted octanol–water partition coefficient (Wildman–Crippen LogP) is 1.25. The summed E-state index contributed by atoms with van der Waals surface area (Å²) in [6.07, 6.45) is 4.30. The molecule has 0 aliphatic rings. The Labute approximate surface area is 115 Å². The van der Waals surface area contributed by atoms with Gasteiger partial charge in [0, 0.05) is 13.2 Å². The molecule has 6 nitrogen and oxygen atoms in total. The van der Waals surface area contributed by atoms with Gasteiger partial charge in [-0.3, -0.25) is 9.40 Å². The van der Waals surface area contributed by atoms with Gasteiger partial charge in [-0.2, -0.15) is 5.10 Å². The normalized spacial score (nSPS) is 11.7. The van der Waals surface area contributed by atoms with E-state index in [0.29, 0.717) is 17.8 Å². The summed E-state index contributed by atoms with van der Waals surface area (Å²) in [6, 6.07) is 0. The third-order valence-electron chi connectivity index (χ3n) is 2.72. The standard InChI is InChI=1S/C12H24N4O2S/c1-4-7-13-8-5-6-9-19(17,18)15-12-10-16(3)14-11(12)2/h10,13,15H,4-9H2,1-3H3. The summed E-state index contributed by atoms with van der Waals surface area (Å²) in [5.41, 5.74) is 1.25. The highest BCUT2D eigenvalue weighted by Gasteiger charge is 2.13. The van der Waals surface area contributed by atoms with E-state index >= 15 is 0 Å². The summed E-state index contributed by atoms with van der Waals surface area (Å²) in [6.45, 7) is 5.75. The van der Waals surface area contributed by atoms with Gasteiger partial charge in [0.2, 0.25) is 10.0 Å². The number of nitrogens with one attached hydrogen (secondary N) is 2. The molecule has 0 amide bonds. The summed E-state index contributed by atoms with van der Waals surface area (Å²) >= 11 is 0. The fraction of sp³-hybridized carbons (Fsp3) is 0.750. The predicted molar refractivity (Wildman–Crippen MR) is 77.7 cm³/mol. The van der Waals surface area contributed by atoms with Crippen LogP contribution in [-0.4, -0.2) is 37.0 Å². The second kappa shape index (κ2) is 7.49. The Morgan fingerprint density at radius 1 is 1.32 bits per heavy atom. The van der Waals surface area contributed by atoms with Gasteiger partial charge in [-0.05, 0) is 39.3 Å². The Hall–Kier alpha value is -1.08. The largest absolute Gasteiger partial charge is 0.317 e. The Kier molecular flexibility index (Phi) is 6.30. The first-order chi connectivity index (χ1) is 8.94. The average molecular weight is 288 g/mol. The van der Waals surface area contributed by atoms with Gasteiger partial charge >= 0.3 is 0 Å². The van der Waals surface area contributed by atoms with Gasteiger partial charge in [0.1, 0.15) is 0 Å². The molecule has 0 spiro atoms. The number of hydrogen-bond donors (Lipinski definition) is 2. The summed E-state index contributed by atoms with van der Waals surface area (Å²) in [5, 5.41) is 7.36. The lowest BCUT2D eigenvalue weighted by molar-refractivity contribution is 0.590. The van der Waals surface area contributed by atoms with Gasteiger partial charge in [0.15, 0.2) is 0 Å². The van der Waals surface area contributed by atoms with Gasteiger partial charge in [0.05, 0.1) is 17.1 Å². The van der Waals surface area contributed by atoms with Crippen LogP contribution in [0.3, 0.4) is 0 Å². The van der Waals surface area contributed by atoms with Crippen molar-refractivity contribution in [2.75, 3.05) is 23.6 Å². The molecule has 0 radical (unpaired) electrons. The Morgan fingerprint density at radius 3 is 2.63 bits per heavy atom. The summed E-state index contributed by atoms with van der Waals surface area (Å²) < 4.78 is 27.9. The number of aryl methyl sites for hydroxylation is 2. The van der Waals surface area contributed by atoms with Crippen LogP contribution in [0.15, 0.2) is 6.20 Å². The summed E-state index contributed by atoms with van der Waals surface area (Å²) in [5.74, 6) is 0.148. The average Bonchev–Trinajstić information content (AvgIpc) is 2.61. The molecule has 0 aromatic carbocycles. The first-order valence-electron chi connectivity index (χ1n) is 6.66. The molecule has 1 aromatic rings. The first-order valence-corrected chi connectivity index (χ1v) is 8.31. The summed E-state index contributed by atoms with van der Waals surface area (Å²) in [7, 11) is -1.50. The van der Waals surface area contributed by atoms with Crippen LogP contribution in [0.25, 0.3) is 0 Å². The van der Waals surface area contributed by atoms with Crippen molar-refractivity contribution in [1.82, 2.24) is 15.1 Å². The highest BCUT2D eigenvalue weighted by molar-refractivity contribution is 7.92. The fourth-order valence-electron chi connectivity index (χ4n) is 1.76. The van der Waals surface area contributed by atoms with Crippen LogP contribution < -0.4 is 10.0 Å². The van der Waals surface area contributed by atoms with Crippen LogP contribution in [0.2, 0.25) is 0 Å². The number of aromatic nitrogens is 2. The van der Waals surface area contributed by atoms with Gasteiger partial charge in [-0.1, -0.05) is 6.92 Å². The van der Waals surface area contributed by atoms with E-state index in [1.165, 1.54) is 0 Å². The lowest BCUT2D eigenvalue weighted by Gasteiger charge is -2.07. The maximum Gasteiger partial charge on any atom is 0.232 e. The zero-order valence-corrected chi connectivity index (χ0v) is 12.8. The molecule has 7 heteroatoms. The lowest BCUT2D eigenvalue weighted by atomic mass is 10.3. The van der Waals surface area contributed by atoms with Crippen molar-refractivity contribution >= 4 is 15.7 Å². The second-order valence-corrected chi connectivity index (χ2v) is 6.52. The molecule has 0 aliphatic carbocycles. The number of anilines is 1. The van der Waals surface area contributed by atoms with E-state index in [-0.39, 0.29) is 5.75 Å². The maximum absolute atomic E-state index is 11.9.